The highest BCUT2D eigenvalue weighted by Gasteiger charge is 2.40. The van der Waals surface area contributed by atoms with E-state index in [1.54, 1.807) is 6.92 Å². The van der Waals surface area contributed by atoms with Crippen LogP contribution in [0.15, 0.2) is 0 Å². The Morgan fingerprint density at radius 2 is 2.13 bits per heavy atom. The molecule has 0 aromatic rings. The summed E-state index contributed by atoms with van der Waals surface area (Å²) in [5.74, 6) is -3.81. The van der Waals surface area contributed by atoms with E-state index >= 15 is 0 Å². The Morgan fingerprint density at radius 1 is 1.47 bits per heavy atom. The Morgan fingerprint density at radius 3 is 2.60 bits per heavy atom. The molecule has 0 aromatic carbocycles. The van der Waals surface area contributed by atoms with E-state index in [0.29, 0.717) is 13.2 Å². The molecule has 1 heterocycles. The fourth-order valence-electron chi connectivity index (χ4n) is 1.49. The lowest BCUT2D eigenvalue weighted by molar-refractivity contribution is -0.126. The fourth-order valence-corrected chi connectivity index (χ4v) is 1.49. The lowest BCUT2D eigenvalue weighted by atomic mass is 10.0. The third-order valence-corrected chi connectivity index (χ3v) is 2.65. The van der Waals surface area contributed by atoms with Gasteiger partial charge in [-0.2, -0.15) is 8.78 Å². The van der Waals surface area contributed by atoms with Crippen LogP contribution in [0.2, 0.25) is 0 Å². The highest BCUT2D eigenvalue weighted by molar-refractivity contribution is 4.80. The molecule has 1 aliphatic rings. The molecule has 0 aromatic heterocycles. The Kier molecular flexibility index (Phi) is 4.33. The number of hydrogen-bond donors (Lipinski definition) is 1. The summed E-state index contributed by atoms with van der Waals surface area (Å²) >= 11 is 0. The van der Waals surface area contributed by atoms with E-state index in [1.807, 2.05) is 0 Å². The molecular weight excluding hydrogens is 214 g/mol. The SMILES string of the molecule is CC(NCC(F)(F)C(F)F)C1CCOC1. The molecule has 1 saturated heterocycles. The summed E-state index contributed by atoms with van der Waals surface area (Å²) in [5, 5.41) is 2.44. The molecule has 0 radical (unpaired) electrons. The molecule has 1 N–H and O–H groups in total. The first-order chi connectivity index (χ1) is 6.93. The molecule has 2 nitrogen and oxygen atoms in total. The van der Waals surface area contributed by atoms with Crippen molar-refractivity contribution in [2.45, 2.75) is 31.7 Å². The first-order valence-electron chi connectivity index (χ1n) is 4.90. The van der Waals surface area contributed by atoms with Gasteiger partial charge in [-0.05, 0) is 19.3 Å². The maximum absolute atomic E-state index is 12.5. The second kappa shape index (κ2) is 5.12. The molecule has 1 fully saturated rings. The van der Waals surface area contributed by atoms with Gasteiger partial charge >= 0.3 is 12.3 Å². The van der Waals surface area contributed by atoms with Crippen LogP contribution >= 0.6 is 0 Å². The third kappa shape index (κ3) is 3.61. The molecule has 1 aliphatic heterocycles. The average molecular weight is 229 g/mol. The van der Waals surface area contributed by atoms with Gasteiger partial charge in [0.25, 0.3) is 0 Å². The number of rotatable bonds is 5. The number of ether oxygens (including phenoxy) is 1. The number of alkyl halides is 4. The first kappa shape index (κ1) is 12.7. The van der Waals surface area contributed by atoms with Crippen LogP contribution in [-0.2, 0) is 4.74 Å². The topological polar surface area (TPSA) is 21.3 Å². The third-order valence-electron chi connectivity index (χ3n) is 2.65. The zero-order chi connectivity index (χ0) is 11.5. The number of nitrogens with one attached hydrogen (secondary N) is 1. The molecule has 90 valence electrons. The quantitative estimate of drug-likeness (QED) is 0.727. The van der Waals surface area contributed by atoms with Crippen LogP contribution in [0.4, 0.5) is 17.6 Å². The van der Waals surface area contributed by atoms with Crippen molar-refractivity contribution < 1.29 is 22.3 Å². The maximum Gasteiger partial charge on any atom is 0.319 e. The van der Waals surface area contributed by atoms with Gasteiger partial charge in [0.05, 0.1) is 13.2 Å². The van der Waals surface area contributed by atoms with Gasteiger partial charge in [-0.15, -0.1) is 0 Å². The van der Waals surface area contributed by atoms with E-state index in [-0.39, 0.29) is 12.0 Å². The molecule has 0 saturated carbocycles. The summed E-state index contributed by atoms with van der Waals surface area (Å²) in [6, 6.07) is -0.225. The second-order valence-electron chi connectivity index (χ2n) is 3.85. The van der Waals surface area contributed by atoms with E-state index in [0.717, 1.165) is 6.42 Å². The van der Waals surface area contributed by atoms with Crippen LogP contribution in [0.1, 0.15) is 13.3 Å². The van der Waals surface area contributed by atoms with Gasteiger partial charge < -0.3 is 10.1 Å². The van der Waals surface area contributed by atoms with E-state index in [1.165, 1.54) is 0 Å². The summed E-state index contributed by atoms with van der Waals surface area (Å²) in [7, 11) is 0. The van der Waals surface area contributed by atoms with Crippen LogP contribution in [0.25, 0.3) is 0 Å². The lowest BCUT2D eigenvalue weighted by Gasteiger charge is -2.22. The molecule has 2 unspecified atom stereocenters. The summed E-state index contributed by atoms with van der Waals surface area (Å²) in [6.45, 7) is 1.85. The van der Waals surface area contributed by atoms with Crippen LogP contribution in [0.5, 0.6) is 0 Å². The fraction of sp³-hybridized carbons (Fsp3) is 1.00. The van der Waals surface area contributed by atoms with Crippen molar-refractivity contribution in [1.82, 2.24) is 5.32 Å². The molecule has 2 atom stereocenters. The Bertz CT molecular complexity index is 195. The van der Waals surface area contributed by atoms with E-state index in [9.17, 15) is 17.6 Å². The molecule has 15 heavy (non-hydrogen) atoms. The van der Waals surface area contributed by atoms with Gasteiger partial charge in [-0.1, -0.05) is 0 Å². The predicted molar refractivity (Wildman–Crippen MR) is 47.3 cm³/mol. The van der Waals surface area contributed by atoms with Gasteiger partial charge in [-0.25, -0.2) is 8.78 Å². The zero-order valence-corrected chi connectivity index (χ0v) is 8.48. The highest BCUT2D eigenvalue weighted by atomic mass is 19.3. The standard InChI is InChI=1S/C9H15F4NO/c1-6(7-2-3-15-4-7)14-5-9(12,13)8(10)11/h6-8,14H,2-5H2,1H3. The van der Waals surface area contributed by atoms with E-state index < -0.39 is 18.9 Å². The van der Waals surface area contributed by atoms with E-state index in [2.05, 4.69) is 5.32 Å². The van der Waals surface area contributed by atoms with Gasteiger partial charge in [-0.3, -0.25) is 0 Å². The normalized spacial score (nSPS) is 24.8. The molecule has 0 spiro atoms. The Labute approximate surface area is 86.0 Å². The lowest BCUT2D eigenvalue weighted by Crippen LogP contribution is -2.44. The largest absolute Gasteiger partial charge is 0.381 e. The second-order valence-corrected chi connectivity index (χ2v) is 3.85. The number of hydrogen-bond acceptors (Lipinski definition) is 2. The van der Waals surface area contributed by atoms with Gasteiger partial charge in [0.2, 0.25) is 0 Å². The summed E-state index contributed by atoms with van der Waals surface area (Å²) < 4.78 is 53.8. The minimum Gasteiger partial charge on any atom is -0.381 e. The Hall–Kier alpha value is -0.360. The monoisotopic (exact) mass is 229 g/mol. The summed E-state index contributed by atoms with van der Waals surface area (Å²) in [5.41, 5.74) is 0. The molecule has 1 rings (SSSR count). The molecule has 6 heteroatoms. The van der Waals surface area contributed by atoms with Crippen LogP contribution in [0, 0.1) is 5.92 Å². The molecule has 0 bridgehead atoms. The van der Waals surface area contributed by atoms with Crippen LogP contribution < -0.4 is 5.32 Å². The van der Waals surface area contributed by atoms with Crippen LogP contribution in [0.3, 0.4) is 0 Å². The van der Waals surface area contributed by atoms with Gasteiger partial charge in [0.15, 0.2) is 0 Å². The highest BCUT2D eigenvalue weighted by Crippen LogP contribution is 2.23. The predicted octanol–water partition coefficient (Wildman–Crippen LogP) is 1.90. The molecular formula is C9H15F4NO. The number of halogens is 4. The van der Waals surface area contributed by atoms with Crippen molar-refractivity contribution in [1.29, 1.82) is 0 Å². The van der Waals surface area contributed by atoms with Crippen molar-refractivity contribution in [3.8, 4) is 0 Å². The molecule has 0 amide bonds. The van der Waals surface area contributed by atoms with Crippen molar-refractivity contribution in [2.24, 2.45) is 5.92 Å². The Balaban J connectivity index is 2.29. The van der Waals surface area contributed by atoms with Gasteiger partial charge in [0.1, 0.15) is 0 Å². The van der Waals surface area contributed by atoms with Crippen LogP contribution in [-0.4, -0.2) is 38.1 Å². The molecule has 0 aliphatic carbocycles. The minimum atomic E-state index is -3.95. The van der Waals surface area contributed by atoms with Crippen molar-refractivity contribution in [3.05, 3.63) is 0 Å². The smallest absolute Gasteiger partial charge is 0.319 e. The first-order valence-corrected chi connectivity index (χ1v) is 4.90. The zero-order valence-electron chi connectivity index (χ0n) is 8.48. The van der Waals surface area contributed by atoms with Crippen molar-refractivity contribution in [3.63, 3.8) is 0 Å². The minimum absolute atomic E-state index is 0.137. The van der Waals surface area contributed by atoms with Crippen molar-refractivity contribution >= 4 is 0 Å². The average Bonchev–Trinajstić information content (AvgIpc) is 2.66. The van der Waals surface area contributed by atoms with Crippen molar-refractivity contribution in [2.75, 3.05) is 19.8 Å². The van der Waals surface area contributed by atoms with E-state index in [4.69, 9.17) is 4.74 Å². The maximum atomic E-state index is 12.5. The summed E-state index contributed by atoms with van der Waals surface area (Å²) in [4.78, 5) is 0. The summed E-state index contributed by atoms with van der Waals surface area (Å²) in [6.07, 6.45) is -2.83. The van der Waals surface area contributed by atoms with Gasteiger partial charge in [0, 0.05) is 12.6 Å².